The standard InChI is InChI=1S/C20H20ClF2N3O2S/c21-15-9-7-14(8-10-15)20-16(19-17(22)5-4-6-18(19)23)13-26(24-20)29(27,28)25-11-2-1-3-12-25/h4-10,16H,1-3,11-13H2. The highest BCUT2D eigenvalue weighted by Crippen LogP contribution is 2.34. The summed E-state index contributed by atoms with van der Waals surface area (Å²) in [5.74, 6) is -2.32. The van der Waals surface area contributed by atoms with E-state index >= 15 is 0 Å². The van der Waals surface area contributed by atoms with Gasteiger partial charge in [-0.25, -0.2) is 8.78 Å². The number of piperidine rings is 1. The molecule has 29 heavy (non-hydrogen) atoms. The maximum absolute atomic E-state index is 14.5. The van der Waals surface area contributed by atoms with E-state index in [9.17, 15) is 17.2 Å². The number of nitrogens with zero attached hydrogens (tertiary/aromatic N) is 3. The fraction of sp³-hybridized carbons (Fsp3) is 0.350. The Bertz CT molecular complexity index is 1020. The molecule has 1 atom stereocenters. The third-order valence-corrected chi connectivity index (χ3v) is 7.32. The molecule has 9 heteroatoms. The van der Waals surface area contributed by atoms with E-state index < -0.39 is 27.8 Å². The van der Waals surface area contributed by atoms with Gasteiger partial charge in [-0.05, 0) is 42.7 Å². The molecular weight excluding hydrogens is 420 g/mol. The molecule has 2 heterocycles. The lowest BCUT2D eigenvalue weighted by molar-refractivity contribution is 0.310. The first-order valence-corrected chi connectivity index (χ1v) is 11.2. The molecular formula is C20H20ClF2N3O2S. The van der Waals surface area contributed by atoms with Gasteiger partial charge in [0, 0.05) is 23.7 Å². The summed E-state index contributed by atoms with van der Waals surface area (Å²) in [7, 11) is -3.87. The maximum Gasteiger partial charge on any atom is 0.318 e. The van der Waals surface area contributed by atoms with Crippen LogP contribution in [-0.2, 0) is 10.2 Å². The first-order chi connectivity index (χ1) is 13.9. The molecule has 0 amide bonds. The summed E-state index contributed by atoms with van der Waals surface area (Å²) in [6.07, 6.45) is 2.55. The molecule has 1 unspecified atom stereocenters. The van der Waals surface area contributed by atoms with Gasteiger partial charge in [-0.2, -0.15) is 22.2 Å². The highest BCUT2D eigenvalue weighted by atomic mass is 35.5. The van der Waals surface area contributed by atoms with Gasteiger partial charge < -0.3 is 0 Å². The number of halogens is 3. The SMILES string of the molecule is O=S(=O)(N1CCCCC1)N1CC(c2c(F)cccc2F)C(c2ccc(Cl)cc2)=N1. The first kappa shape index (κ1) is 20.3. The molecule has 1 fully saturated rings. The van der Waals surface area contributed by atoms with Crippen molar-refractivity contribution in [1.29, 1.82) is 0 Å². The fourth-order valence-electron chi connectivity index (χ4n) is 3.80. The Kier molecular flexibility index (Phi) is 5.59. The molecule has 154 valence electrons. The summed E-state index contributed by atoms with van der Waals surface area (Å²) < 4.78 is 57.6. The third-order valence-electron chi connectivity index (χ3n) is 5.28. The number of rotatable bonds is 4. The predicted octanol–water partition coefficient (Wildman–Crippen LogP) is 4.15. The minimum Gasteiger partial charge on any atom is -0.207 e. The molecule has 4 rings (SSSR count). The summed E-state index contributed by atoms with van der Waals surface area (Å²) >= 11 is 5.95. The lowest BCUT2D eigenvalue weighted by Gasteiger charge is -2.29. The van der Waals surface area contributed by atoms with Crippen LogP contribution in [0.2, 0.25) is 5.02 Å². The van der Waals surface area contributed by atoms with Crippen LogP contribution >= 0.6 is 11.6 Å². The number of hydrogen-bond donors (Lipinski definition) is 0. The van der Waals surface area contributed by atoms with E-state index in [1.807, 2.05) is 0 Å². The van der Waals surface area contributed by atoms with Crippen molar-refractivity contribution in [2.24, 2.45) is 5.10 Å². The Labute approximate surface area is 173 Å². The van der Waals surface area contributed by atoms with Gasteiger partial charge in [0.05, 0.1) is 18.2 Å². The van der Waals surface area contributed by atoms with Crippen molar-refractivity contribution >= 4 is 27.5 Å². The molecule has 2 aliphatic heterocycles. The van der Waals surface area contributed by atoms with Gasteiger partial charge >= 0.3 is 10.2 Å². The fourth-order valence-corrected chi connectivity index (χ4v) is 5.44. The Morgan fingerprint density at radius 1 is 0.966 bits per heavy atom. The Balaban J connectivity index is 1.77. The van der Waals surface area contributed by atoms with Crippen LogP contribution in [0, 0.1) is 11.6 Å². The third kappa shape index (κ3) is 3.89. The van der Waals surface area contributed by atoms with Crippen molar-refractivity contribution in [1.82, 2.24) is 8.72 Å². The molecule has 2 aliphatic rings. The molecule has 0 bridgehead atoms. The lowest BCUT2D eigenvalue weighted by Crippen LogP contribution is -2.43. The van der Waals surface area contributed by atoms with E-state index in [0.29, 0.717) is 29.4 Å². The van der Waals surface area contributed by atoms with Crippen molar-refractivity contribution in [2.75, 3.05) is 19.6 Å². The minimum absolute atomic E-state index is 0.158. The largest absolute Gasteiger partial charge is 0.318 e. The number of hydrazone groups is 1. The number of benzene rings is 2. The monoisotopic (exact) mass is 439 g/mol. The van der Waals surface area contributed by atoms with Crippen LogP contribution in [0.4, 0.5) is 8.78 Å². The second-order valence-electron chi connectivity index (χ2n) is 7.15. The van der Waals surface area contributed by atoms with Crippen LogP contribution in [0.3, 0.4) is 0 Å². The summed E-state index contributed by atoms with van der Waals surface area (Å²) in [5, 5.41) is 4.82. The second-order valence-corrected chi connectivity index (χ2v) is 9.42. The first-order valence-electron chi connectivity index (χ1n) is 9.44. The van der Waals surface area contributed by atoms with E-state index in [1.165, 1.54) is 22.5 Å². The van der Waals surface area contributed by atoms with Gasteiger partial charge in [0.25, 0.3) is 0 Å². The van der Waals surface area contributed by atoms with Crippen molar-refractivity contribution in [3.63, 3.8) is 0 Å². The van der Waals surface area contributed by atoms with Gasteiger partial charge in [0.15, 0.2) is 0 Å². The van der Waals surface area contributed by atoms with Gasteiger partial charge in [0.2, 0.25) is 0 Å². The zero-order chi connectivity index (χ0) is 20.6. The summed E-state index contributed by atoms with van der Waals surface area (Å²) in [6.45, 7) is 0.682. The molecule has 0 radical (unpaired) electrons. The van der Waals surface area contributed by atoms with Gasteiger partial charge in [-0.3, -0.25) is 0 Å². The van der Waals surface area contributed by atoms with E-state index in [0.717, 1.165) is 23.7 Å². The van der Waals surface area contributed by atoms with Crippen LogP contribution < -0.4 is 0 Å². The average molecular weight is 440 g/mol. The minimum atomic E-state index is -3.87. The van der Waals surface area contributed by atoms with Gasteiger partial charge in [-0.15, -0.1) is 0 Å². The van der Waals surface area contributed by atoms with Crippen LogP contribution in [0.1, 0.15) is 36.3 Å². The van der Waals surface area contributed by atoms with Gasteiger partial charge in [0.1, 0.15) is 11.6 Å². The maximum atomic E-state index is 14.5. The molecule has 1 saturated heterocycles. The summed E-state index contributed by atoms with van der Waals surface area (Å²) in [5.41, 5.74) is 0.683. The second kappa shape index (κ2) is 8.01. The van der Waals surface area contributed by atoms with Crippen molar-refractivity contribution in [3.8, 4) is 0 Å². The van der Waals surface area contributed by atoms with Crippen molar-refractivity contribution < 1.29 is 17.2 Å². The normalized spacial score (nSPS) is 20.7. The highest BCUT2D eigenvalue weighted by molar-refractivity contribution is 7.86. The molecule has 0 aliphatic carbocycles. The van der Waals surface area contributed by atoms with Crippen LogP contribution in [-0.4, -0.2) is 42.5 Å². The van der Waals surface area contributed by atoms with Crippen LogP contribution in [0.15, 0.2) is 47.6 Å². The zero-order valence-corrected chi connectivity index (χ0v) is 17.1. The quantitative estimate of drug-likeness (QED) is 0.718. The molecule has 0 aromatic heterocycles. The zero-order valence-electron chi connectivity index (χ0n) is 15.6. The average Bonchev–Trinajstić information content (AvgIpc) is 3.15. The molecule has 0 N–H and O–H groups in total. The smallest absolute Gasteiger partial charge is 0.207 e. The van der Waals surface area contributed by atoms with E-state index in [4.69, 9.17) is 11.6 Å². The van der Waals surface area contributed by atoms with E-state index in [2.05, 4.69) is 5.10 Å². The Hall–Kier alpha value is -2.03. The van der Waals surface area contributed by atoms with Crippen LogP contribution in [0.5, 0.6) is 0 Å². The summed E-state index contributed by atoms with van der Waals surface area (Å²) in [4.78, 5) is 0. The molecule has 0 saturated carbocycles. The van der Waals surface area contributed by atoms with Crippen molar-refractivity contribution in [3.05, 3.63) is 70.2 Å². The lowest BCUT2D eigenvalue weighted by atomic mass is 9.90. The molecule has 0 spiro atoms. The van der Waals surface area contributed by atoms with E-state index in [-0.39, 0.29) is 12.1 Å². The van der Waals surface area contributed by atoms with Crippen LogP contribution in [0.25, 0.3) is 0 Å². The number of hydrogen-bond acceptors (Lipinski definition) is 3. The van der Waals surface area contributed by atoms with Crippen molar-refractivity contribution in [2.45, 2.75) is 25.2 Å². The summed E-state index contributed by atoms with van der Waals surface area (Å²) in [6, 6.07) is 10.2. The van der Waals surface area contributed by atoms with Gasteiger partial charge in [-0.1, -0.05) is 36.2 Å². The predicted molar refractivity (Wildman–Crippen MR) is 108 cm³/mol. The molecule has 2 aromatic rings. The Morgan fingerprint density at radius 2 is 1.59 bits per heavy atom. The topological polar surface area (TPSA) is 53.0 Å². The Morgan fingerprint density at radius 3 is 2.21 bits per heavy atom. The molecule has 5 nitrogen and oxygen atoms in total. The van der Waals surface area contributed by atoms with E-state index in [1.54, 1.807) is 24.3 Å². The highest BCUT2D eigenvalue weighted by Gasteiger charge is 2.40. The molecule has 2 aromatic carbocycles.